The number of aromatic nitrogens is 1. The maximum atomic E-state index is 14.0. The molecular weight excluding hydrogens is 239 g/mol. The Morgan fingerprint density at radius 3 is 2.89 bits per heavy atom. The summed E-state index contributed by atoms with van der Waals surface area (Å²) in [5.74, 6) is 0.101. The van der Waals surface area contributed by atoms with E-state index in [0.717, 1.165) is 24.1 Å². The van der Waals surface area contributed by atoms with E-state index in [2.05, 4.69) is 16.4 Å². The largest absolute Gasteiger partial charge is 0.312 e. The molecule has 1 aliphatic carbocycles. The molecule has 1 aliphatic rings. The fourth-order valence-electron chi connectivity index (χ4n) is 3.07. The summed E-state index contributed by atoms with van der Waals surface area (Å²) in [5, 5.41) is 3.26. The molecule has 0 saturated carbocycles. The predicted molar refractivity (Wildman–Crippen MR) is 73.5 cm³/mol. The number of pyridine rings is 1. The molecule has 3 heteroatoms. The SMILES string of the molecule is CNC(c1ccccc1F)C1CCc2cccnc21. The van der Waals surface area contributed by atoms with Crippen molar-refractivity contribution in [3.63, 3.8) is 0 Å². The highest BCUT2D eigenvalue weighted by atomic mass is 19.1. The van der Waals surface area contributed by atoms with Gasteiger partial charge in [0, 0.05) is 29.4 Å². The number of likely N-dealkylation sites (N-methyl/N-ethyl adjacent to an activating group) is 1. The maximum Gasteiger partial charge on any atom is 0.128 e. The lowest BCUT2D eigenvalue weighted by Gasteiger charge is -2.24. The number of hydrogen-bond acceptors (Lipinski definition) is 2. The second kappa shape index (κ2) is 5.10. The van der Waals surface area contributed by atoms with Gasteiger partial charge in [0.15, 0.2) is 0 Å². The Hall–Kier alpha value is -1.74. The minimum Gasteiger partial charge on any atom is -0.312 e. The molecule has 0 radical (unpaired) electrons. The zero-order chi connectivity index (χ0) is 13.2. The molecule has 98 valence electrons. The van der Waals surface area contributed by atoms with Crippen molar-refractivity contribution >= 4 is 0 Å². The Balaban J connectivity index is 1.99. The monoisotopic (exact) mass is 256 g/mol. The molecule has 0 bridgehead atoms. The molecule has 19 heavy (non-hydrogen) atoms. The highest BCUT2D eigenvalue weighted by molar-refractivity contribution is 5.34. The molecule has 3 rings (SSSR count). The van der Waals surface area contributed by atoms with Crippen molar-refractivity contribution in [3.8, 4) is 0 Å². The van der Waals surface area contributed by atoms with E-state index >= 15 is 0 Å². The predicted octanol–water partition coefficient (Wildman–Crippen LogP) is 3.21. The van der Waals surface area contributed by atoms with E-state index in [4.69, 9.17) is 0 Å². The molecule has 2 atom stereocenters. The van der Waals surface area contributed by atoms with E-state index in [1.54, 1.807) is 6.07 Å². The topological polar surface area (TPSA) is 24.9 Å². The van der Waals surface area contributed by atoms with Gasteiger partial charge in [-0.1, -0.05) is 24.3 Å². The summed E-state index contributed by atoms with van der Waals surface area (Å²) in [6.45, 7) is 0. The van der Waals surface area contributed by atoms with Gasteiger partial charge in [-0.3, -0.25) is 4.98 Å². The first-order valence-electron chi connectivity index (χ1n) is 6.66. The fraction of sp³-hybridized carbons (Fsp3) is 0.312. The van der Waals surface area contributed by atoms with Crippen LogP contribution in [-0.2, 0) is 6.42 Å². The second-order valence-corrected chi connectivity index (χ2v) is 4.98. The smallest absolute Gasteiger partial charge is 0.128 e. The molecule has 1 heterocycles. The quantitative estimate of drug-likeness (QED) is 0.912. The number of fused-ring (bicyclic) bond motifs is 1. The minimum atomic E-state index is -0.147. The van der Waals surface area contributed by atoms with Crippen LogP contribution in [0.3, 0.4) is 0 Å². The Morgan fingerprint density at radius 1 is 1.26 bits per heavy atom. The molecule has 1 aromatic heterocycles. The lowest BCUT2D eigenvalue weighted by atomic mass is 9.90. The number of halogens is 1. The number of hydrogen-bond donors (Lipinski definition) is 1. The summed E-state index contributed by atoms with van der Waals surface area (Å²) in [7, 11) is 1.89. The summed E-state index contributed by atoms with van der Waals surface area (Å²) in [4.78, 5) is 4.50. The van der Waals surface area contributed by atoms with Crippen molar-refractivity contribution in [3.05, 3.63) is 65.2 Å². The van der Waals surface area contributed by atoms with Gasteiger partial charge in [-0.2, -0.15) is 0 Å². The molecule has 0 amide bonds. The summed E-state index contributed by atoms with van der Waals surface area (Å²) in [6, 6.07) is 11.1. The van der Waals surface area contributed by atoms with Crippen molar-refractivity contribution in [1.29, 1.82) is 0 Å². The first-order chi connectivity index (χ1) is 9.31. The van der Waals surface area contributed by atoms with Gasteiger partial charge in [-0.05, 0) is 37.6 Å². The van der Waals surface area contributed by atoms with Gasteiger partial charge in [-0.25, -0.2) is 4.39 Å². The van der Waals surface area contributed by atoms with Crippen molar-refractivity contribution in [2.75, 3.05) is 7.05 Å². The highest BCUT2D eigenvalue weighted by Crippen LogP contribution is 2.40. The molecule has 2 unspecified atom stereocenters. The lowest BCUT2D eigenvalue weighted by Crippen LogP contribution is -2.24. The Morgan fingerprint density at radius 2 is 2.11 bits per heavy atom. The van der Waals surface area contributed by atoms with E-state index in [-0.39, 0.29) is 17.8 Å². The summed E-state index contributed by atoms with van der Waals surface area (Å²) < 4.78 is 14.0. The third kappa shape index (κ3) is 2.15. The lowest BCUT2D eigenvalue weighted by molar-refractivity contribution is 0.449. The van der Waals surface area contributed by atoms with Crippen molar-refractivity contribution < 1.29 is 4.39 Å². The number of nitrogens with zero attached hydrogens (tertiary/aromatic N) is 1. The first-order valence-corrected chi connectivity index (χ1v) is 6.66. The van der Waals surface area contributed by atoms with E-state index < -0.39 is 0 Å². The normalized spacial score (nSPS) is 19.2. The van der Waals surface area contributed by atoms with Crippen LogP contribution in [0.15, 0.2) is 42.6 Å². The Bertz CT molecular complexity index is 582. The summed E-state index contributed by atoms with van der Waals surface area (Å²) in [6.07, 6.45) is 3.87. The average molecular weight is 256 g/mol. The molecule has 1 aromatic carbocycles. The summed E-state index contributed by atoms with van der Waals surface area (Å²) in [5.41, 5.74) is 3.14. The molecule has 0 fully saturated rings. The third-order valence-corrected chi connectivity index (χ3v) is 3.96. The average Bonchev–Trinajstić information content (AvgIpc) is 2.86. The van der Waals surface area contributed by atoms with Crippen LogP contribution in [0, 0.1) is 5.82 Å². The number of aryl methyl sites for hydroxylation is 1. The second-order valence-electron chi connectivity index (χ2n) is 4.98. The molecule has 1 N–H and O–H groups in total. The molecule has 2 nitrogen and oxygen atoms in total. The zero-order valence-electron chi connectivity index (χ0n) is 10.9. The van der Waals surface area contributed by atoms with Crippen molar-refractivity contribution in [2.45, 2.75) is 24.8 Å². The number of rotatable bonds is 3. The van der Waals surface area contributed by atoms with Gasteiger partial charge in [-0.15, -0.1) is 0 Å². The van der Waals surface area contributed by atoms with Gasteiger partial charge < -0.3 is 5.32 Å². The maximum absolute atomic E-state index is 14.0. The molecule has 0 saturated heterocycles. The van der Waals surface area contributed by atoms with E-state index in [0.29, 0.717) is 0 Å². The van der Waals surface area contributed by atoms with Crippen LogP contribution < -0.4 is 5.32 Å². The number of nitrogens with one attached hydrogen (secondary N) is 1. The van der Waals surface area contributed by atoms with E-state index in [9.17, 15) is 4.39 Å². The van der Waals surface area contributed by atoms with Crippen LogP contribution in [-0.4, -0.2) is 12.0 Å². The van der Waals surface area contributed by atoms with Gasteiger partial charge in [0.05, 0.1) is 0 Å². The molecule has 0 aliphatic heterocycles. The van der Waals surface area contributed by atoms with Crippen molar-refractivity contribution in [2.24, 2.45) is 0 Å². The van der Waals surface area contributed by atoms with Gasteiger partial charge in [0.2, 0.25) is 0 Å². The molecule has 2 aromatic rings. The minimum absolute atomic E-state index is 0.0163. The van der Waals surface area contributed by atoms with Gasteiger partial charge >= 0.3 is 0 Å². The van der Waals surface area contributed by atoms with Crippen molar-refractivity contribution in [1.82, 2.24) is 10.3 Å². The third-order valence-electron chi connectivity index (χ3n) is 3.96. The highest BCUT2D eigenvalue weighted by Gasteiger charge is 2.32. The van der Waals surface area contributed by atoms with Crippen LogP contribution in [0.5, 0.6) is 0 Å². The Kier molecular flexibility index (Phi) is 3.30. The van der Waals surface area contributed by atoms with Crippen LogP contribution in [0.1, 0.15) is 35.2 Å². The standard InChI is InChI=1S/C16H17FN2/c1-18-16(12-6-2-3-7-14(12)17)13-9-8-11-5-4-10-19-15(11)13/h2-7,10,13,16,18H,8-9H2,1H3. The molecule has 0 spiro atoms. The van der Waals surface area contributed by atoms with E-state index in [1.165, 1.54) is 11.6 Å². The molecular formula is C16H17FN2. The Labute approximate surface area is 112 Å². The van der Waals surface area contributed by atoms with Crippen LogP contribution in [0.25, 0.3) is 0 Å². The van der Waals surface area contributed by atoms with E-state index in [1.807, 2.05) is 31.4 Å². The van der Waals surface area contributed by atoms with Crippen LogP contribution >= 0.6 is 0 Å². The van der Waals surface area contributed by atoms with Crippen LogP contribution in [0.2, 0.25) is 0 Å². The summed E-state index contributed by atoms with van der Waals surface area (Å²) >= 11 is 0. The van der Waals surface area contributed by atoms with Gasteiger partial charge in [0.25, 0.3) is 0 Å². The van der Waals surface area contributed by atoms with Gasteiger partial charge in [0.1, 0.15) is 5.82 Å². The first kappa shape index (κ1) is 12.3. The fourth-order valence-corrected chi connectivity index (χ4v) is 3.07. The number of benzene rings is 1. The zero-order valence-corrected chi connectivity index (χ0v) is 10.9. The van der Waals surface area contributed by atoms with Crippen LogP contribution in [0.4, 0.5) is 4.39 Å².